The van der Waals surface area contributed by atoms with E-state index in [-0.39, 0.29) is 0 Å². The third-order valence-electron chi connectivity index (χ3n) is 3.06. The molecule has 0 aliphatic heterocycles. The molecule has 6 heteroatoms. The number of aryl methyl sites for hydroxylation is 1. The molecule has 3 aromatic rings. The lowest BCUT2D eigenvalue weighted by molar-refractivity contribution is 0.683. The lowest BCUT2D eigenvalue weighted by atomic mass is 10.3. The van der Waals surface area contributed by atoms with Gasteiger partial charge in [0.05, 0.1) is 23.2 Å². The quantitative estimate of drug-likeness (QED) is 0.799. The highest BCUT2D eigenvalue weighted by molar-refractivity contribution is 6.33. The van der Waals surface area contributed by atoms with Gasteiger partial charge in [-0.05, 0) is 18.6 Å². The van der Waals surface area contributed by atoms with Gasteiger partial charge in [-0.2, -0.15) is 0 Å². The number of hydrogen-bond donors (Lipinski definition) is 1. The van der Waals surface area contributed by atoms with Gasteiger partial charge in [-0.3, -0.25) is 4.40 Å². The van der Waals surface area contributed by atoms with Crippen LogP contribution >= 0.6 is 11.6 Å². The summed E-state index contributed by atoms with van der Waals surface area (Å²) in [5, 5.41) is 0.585. The van der Waals surface area contributed by atoms with Crippen molar-refractivity contribution < 1.29 is 0 Å². The molecule has 98 valence electrons. The Bertz CT molecular complexity index is 728. The summed E-state index contributed by atoms with van der Waals surface area (Å²) in [5.74, 6) is 0.579. The Morgan fingerprint density at radius 1 is 1.42 bits per heavy atom. The molecule has 0 aliphatic rings. The predicted octanol–water partition coefficient (Wildman–Crippen LogP) is 2.84. The molecule has 0 atom stereocenters. The van der Waals surface area contributed by atoms with Gasteiger partial charge >= 0.3 is 0 Å². The number of imidazole rings is 2. The van der Waals surface area contributed by atoms with Gasteiger partial charge in [0.25, 0.3) is 0 Å². The number of rotatable bonds is 3. The molecule has 0 unspecified atom stereocenters. The van der Waals surface area contributed by atoms with Gasteiger partial charge in [-0.1, -0.05) is 18.5 Å². The van der Waals surface area contributed by atoms with E-state index in [2.05, 4.69) is 16.9 Å². The molecule has 0 amide bonds. The molecule has 0 saturated carbocycles. The normalized spacial score (nSPS) is 11.3. The molecule has 0 bridgehead atoms. The lowest BCUT2D eigenvalue weighted by Crippen LogP contribution is -2.00. The molecule has 0 fully saturated rings. The minimum atomic E-state index is 0.579. The van der Waals surface area contributed by atoms with Crippen LogP contribution in [0.3, 0.4) is 0 Å². The molecular weight excluding hydrogens is 262 g/mol. The number of hydrogen-bond acceptors (Lipinski definition) is 3. The van der Waals surface area contributed by atoms with E-state index in [1.54, 1.807) is 23.0 Å². The number of nitrogens with zero attached hydrogens (tertiary/aromatic N) is 4. The van der Waals surface area contributed by atoms with E-state index in [4.69, 9.17) is 17.3 Å². The standard InChI is InChI=1S/C13H14ClN5/c1-2-5-18-8-16-7-10(18)11-12(15)19-6-3-4-9(14)13(19)17-11/h3-4,6-8H,2,5,15H2,1H3. The van der Waals surface area contributed by atoms with Crippen LogP contribution in [0.15, 0.2) is 30.9 Å². The Balaban J connectivity index is 2.22. The first kappa shape index (κ1) is 12.0. The number of nitrogens with two attached hydrogens (primary N) is 1. The maximum Gasteiger partial charge on any atom is 0.158 e. The molecule has 0 radical (unpaired) electrons. The minimum Gasteiger partial charge on any atom is -0.383 e. The predicted molar refractivity (Wildman–Crippen MR) is 76.1 cm³/mol. The van der Waals surface area contributed by atoms with Crippen molar-refractivity contribution in [2.45, 2.75) is 19.9 Å². The van der Waals surface area contributed by atoms with Crippen LogP contribution in [-0.2, 0) is 6.54 Å². The fourth-order valence-corrected chi connectivity index (χ4v) is 2.38. The largest absolute Gasteiger partial charge is 0.383 e. The first-order valence-corrected chi connectivity index (χ1v) is 6.52. The van der Waals surface area contributed by atoms with Crippen molar-refractivity contribution in [3.63, 3.8) is 0 Å². The van der Waals surface area contributed by atoms with E-state index in [9.17, 15) is 0 Å². The molecule has 5 nitrogen and oxygen atoms in total. The first-order valence-electron chi connectivity index (χ1n) is 6.15. The average Bonchev–Trinajstić information content (AvgIpc) is 2.97. The second-order valence-electron chi connectivity index (χ2n) is 4.37. The highest BCUT2D eigenvalue weighted by Gasteiger charge is 2.16. The van der Waals surface area contributed by atoms with Crippen molar-refractivity contribution in [1.29, 1.82) is 0 Å². The number of aromatic nitrogens is 4. The molecule has 3 aromatic heterocycles. The summed E-state index contributed by atoms with van der Waals surface area (Å²) in [6.45, 7) is 3.00. The Morgan fingerprint density at radius 3 is 3.00 bits per heavy atom. The van der Waals surface area contributed by atoms with Crippen molar-refractivity contribution in [3.05, 3.63) is 35.9 Å². The van der Waals surface area contributed by atoms with Gasteiger partial charge in [0, 0.05) is 12.7 Å². The second-order valence-corrected chi connectivity index (χ2v) is 4.77. The molecular formula is C13H14ClN5. The summed E-state index contributed by atoms with van der Waals surface area (Å²) in [4.78, 5) is 8.72. The topological polar surface area (TPSA) is 61.1 Å². The van der Waals surface area contributed by atoms with E-state index in [1.807, 2.05) is 16.8 Å². The lowest BCUT2D eigenvalue weighted by Gasteiger charge is -2.04. The average molecular weight is 276 g/mol. The van der Waals surface area contributed by atoms with E-state index < -0.39 is 0 Å². The van der Waals surface area contributed by atoms with Gasteiger partial charge < -0.3 is 10.3 Å². The molecule has 0 aliphatic carbocycles. The molecule has 19 heavy (non-hydrogen) atoms. The van der Waals surface area contributed by atoms with Crippen LogP contribution in [0.1, 0.15) is 13.3 Å². The van der Waals surface area contributed by atoms with Crippen LogP contribution in [-0.4, -0.2) is 18.9 Å². The zero-order chi connectivity index (χ0) is 13.4. The van der Waals surface area contributed by atoms with Crippen molar-refractivity contribution in [2.75, 3.05) is 5.73 Å². The Labute approximate surface area is 115 Å². The minimum absolute atomic E-state index is 0.579. The van der Waals surface area contributed by atoms with E-state index in [1.165, 1.54) is 0 Å². The van der Waals surface area contributed by atoms with Gasteiger partial charge in [-0.25, -0.2) is 9.97 Å². The van der Waals surface area contributed by atoms with E-state index >= 15 is 0 Å². The molecule has 3 heterocycles. The monoisotopic (exact) mass is 275 g/mol. The highest BCUT2D eigenvalue weighted by atomic mass is 35.5. The summed E-state index contributed by atoms with van der Waals surface area (Å²) < 4.78 is 3.84. The zero-order valence-corrected chi connectivity index (χ0v) is 11.3. The van der Waals surface area contributed by atoms with Crippen LogP contribution in [0.4, 0.5) is 5.82 Å². The summed E-state index contributed by atoms with van der Waals surface area (Å²) in [7, 11) is 0. The smallest absolute Gasteiger partial charge is 0.158 e. The van der Waals surface area contributed by atoms with Crippen molar-refractivity contribution >= 4 is 23.1 Å². The van der Waals surface area contributed by atoms with Gasteiger partial charge in [0.1, 0.15) is 11.5 Å². The fraction of sp³-hybridized carbons (Fsp3) is 0.231. The summed E-state index contributed by atoms with van der Waals surface area (Å²) in [6.07, 6.45) is 6.45. The van der Waals surface area contributed by atoms with Crippen LogP contribution in [0.25, 0.3) is 17.0 Å². The fourth-order valence-electron chi connectivity index (χ4n) is 2.18. The maximum atomic E-state index is 6.16. The number of pyridine rings is 1. The summed E-state index contributed by atoms with van der Waals surface area (Å²) in [5.41, 5.74) is 8.47. The third kappa shape index (κ3) is 1.86. The van der Waals surface area contributed by atoms with Crippen LogP contribution < -0.4 is 5.73 Å². The number of nitrogen functional groups attached to an aromatic ring is 1. The summed E-state index contributed by atoms with van der Waals surface area (Å²) in [6, 6.07) is 3.65. The van der Waals surface area contributed by atoms with Crippen molar-refractivity contribution in [2.24, 2.45) is 0 Å². The Hall–Kier alpha value is -2.01. The van der Waals surface area contributed by atoms with E-state index in [0.717, 1.165) is 24.4 Å². The molecule has 0 spiro atoms. The third-order valence-corrected chi connectivity index (χ3v) is 3.35. The van der Waals surface area contributed by atoms with Gasteiger partial charge in [0.2, 0.25) is 0 Å². The molecule has 2 N–H and O–H groups in total. The number of halogens is 1. The van der Waals surface area contributed by atoms with Crippen molar-refractivity contribution in [1.82, 2.24) is 18.9 Å². The highest BCUT2D eigenvalue weighted by Crippen LogP contribution is 2.29. The van der Waals surface area contributed by atoms with Crippen LogP contribution in [0, 0.1) is 0 Å². The zero-order valence-electron chi connectivity index (χ0n) is 10.5. The molecule has 0 aromatic carbocycles. The van der Waals surface area contributed by atoms with Crippen molar-refractivity contribution in [3.8, 4) is 11.4 Å². The van der Waals surface area contributed by atoms with Gasteiger partial charge in [-0.15, -0.1) is 0 Å². The van der Waals surface area contributed by atoms with Gasteiger partial charge in [0.15, 0.2) is 5.65 Å². The Kier molecular flexibility index (Phi) is 2.91. The molecule has 0 saturated heterocycles. The Morgan fingerprint density at radius 2 is 2.26 bits per heavy atom. The first-order chi connectivity index (χ1) is 9.22. The number of fused-ring (bicyclic) bond motifs is 1. The van der Waals surface area contributed by atoms with E-state index in [0.29, 0.717) is 16.5 Å². The second kappa shape index (κ2) is 4.59. The van der Waals surface area contributed by atoms with Crippen LogP contribution in [0.5, 0.6) is 0 Å². The van der Waals surface area contributed by atoms with Crippen LogP contribution in [0.2, 0.25) is 5.02 Å². The summed E-state index contributed by atoms with van der Waals surface area (Å²) >= 11 is 6.14. The SMILES string of the molecule is CCCn1cncc1-c1nc2c(Cl)cccn2c1N. The molecule has 3 rings (SSSR count). The maximum absolute atomic E-state index is 6.16. The number of anilines is 1.